The van der Waals surface area contributed by atoms with Gasteiger partial charge < -0.3 is 13.6 Å². The molecule has 0 unspecified atom stereocenters. The van der Waals surface area contributed by atoms with Crippen molar-refractivity contribution < 1.29 is 4.42 Å². The van der Waals surface area contributed by atoms with Gasteiger partial charge in [-0.25, -0.2) is 9.97 Å². The van der Waals surface area contributed by atoms with Gasteiger partial charge in [0.25, 0.3) is 0 Å². The van der Waals surface area contributed by atoms with Crippen molar-refractivity contribution in [1.82, 2.24) is 19.1 Å². The lowest BCUT2D eigenvalue weighted by molar-refractivity contribution is 0.669. The molecule has 0 radical (unpaired) electrons. The standard InChI is InChI=1S/C52H32N4O/c1-4-15-33(16-5-1)44-32-45(34-17-6-2-7-18-34)54-52(53-44)35-19-14-22-37(27-35)56-46-25-12-10-23-38(46)40-28-48-41(29-47(40)56)42-31-51-43(39-24-11-13-26-50(39)57-51)30-49(42)55(48)36-20-8-3-9-21-36/h1-32H. The van der Waals surface area contributed by atoms with E-state index in [1.807, 2.05) is 24.3 Å². The fourth-order valence-electron chi connectivity index (χ4n) is 8.70. The average molecular weight is 729 g/mol. The number of para-hydroxylation sites is 3. The van der Waals surface area contributed by atoms with Gasteiger partial charge in [-0.1, -0.05) is 127 Å². The van der Waals surface area contributed by atoms with Crippen LogP contribution in [0.15, 0.2) is 199 Å². The fraction of sp³-hybridized carbons (Fsp3) is 0. The largest absolute Gasteiger partial charge is 0.456 e. The SMILES string of the molecule is c1ccc(-c2cc(-c3ccccc3)nc(-c3cccc(-n4c5ccccc5c5cc6c(cc54)c4cc5oc7ccccc7c5cc4n6-c4ccccc4)c3)n2)cc1. The molecule has 0 N–H and O–H groups in total. The summed E-state index contributed by atoms with van der Waals surface area (Å²) in [6.45, 7) is 0. The Bertz CT molecular complexity index is 3450. The van der Waals surface area contributed by atoms with Crippen molar-refractivity contribution >= 4 is 65.6 Å². The monoisotopic (exact) mass is 728 g/mol. The lowest BCUT2D eigenvalue weighted by Gasteiger charge is -2.12. The topological polar surface area (TPSA) is 48.8 Å². The minimum absolute atomic E-state index is 0.681. The van der Waals surface area contributed by atoms with Crippen LogP contribution in [0.2, 0.25) is 0 Å². The average Bonchev–Trinajstić information content (AvgIpc) is 3.92. The zero-order valence-corrected chi connectivity index (χ0v) is 30.7. The van der Waals surface area contributed by atoms with E-state index in [0.29, 0.717) is 5.82 Å². The van der Waals surface area contributed by atoms with Gasteiger partial charge in [0.1, 0.15) is 11.2 Å². The molecule has 0 aliphatic heterocycles. The molecule has 0 aliphatic rings. The van der Waals surface area contributed by atoms with Gasteiger partial charge in [0.05, 0.1) is 33.5 Å². The highest BCUT2D eigenvalue weighted by molar-refractivity contribution is 6.22. The number of aromatic nitrogens is 4. The summed E-state index contributed by atoms with van der Waals surface area (Å²) in [4.78, 5) is 10.3. The Morgan fingerprint density at radius 1 is 0.316 bits per heavy atom. The zero-order valence-electron chi connectivity index (χ0n) is 30.7. The van der Waals surface area contributed by atoms with Gasteiger partial charge in [-0.15, -0.1) is 0 Å². The summed E-state index contributed by atoms with van der Waals surface area (Å²) in [5.74, 6) is 0.681. The summed E-state index contributed by atoms with van der Waals surface area (Å²) < 4.78 is 11.2. The third-order valence-electron chi connectivity index (χ3n) is 11.3. The van der Waals surface area contributed by atoms with Crippen molar-refractivity contribution in [2.24, 2.45) is 0 Å². The highest BCUT2D eigenvalue weighted by atomic mass is 16.3. The van der Waals surface area contributed by atoms with Crippen molar-refractivity contribution in [2.75, 3.05) is 0 Å². The maximum Gasteiger partial charge on any atom is 0.160 e. The van der Waals surface area contributed by atoms with Gasteiger partial charge in [-0.05, 0) is 66.7 Å². The van der Waals surface area contributed by atoms with Crippen LogP contribution in [0.3, 0.4) is 0 Å². The highest BCUT2D eigenvalue weighted by Crippen LogP contribution is 2.42. The summed E-state index contributed by atoms with van der Waals surface area (Å²) in [5.41, 5.74) is 13.3. The Kier molecular flexibility index (Phi) is 6.86. The number of hydrogen-bond acceptors (Lipinski definition) is 3. The van der Waals surface area contributed by atoms with Crippen molar-refractivity contribution in [3.8, 4) is 45.3 Å². The van der Waals surface area contributed by atoms with Crippen LogP contribution in [-0.2, 0) is 0 Å². The molecule has 0 saturated carbocycles. The van der Waals surface area contributed by atoms with E-state index in [0.717, 1.165) is 94.2 Å². The maximum absolute atomic E-state index is 6.46. The maximum atomic E-state index is 6.46. The Labute approximate surface area is 327 Å². The first-order valence-electron chi connectivity index (χ1n) is 19.2. The minimum Gasteiger partial charge on any atom is -0.456 e. The second-order valence-corrected chi connectivity index (χ2v) is 14.6. The number of fused-ring (bicyclic) bond motifs is 9. The van der Waals surface area contributed by atoms with Crippen molar-refractivity contribution in [2.45, 2.75) is 0 Å². The van der Waals surface area contributed by atoms with Gasteiger partial charge in [0.15, 0.2) is 5.82 Å². The normalized spacial score (nSPS) is 11.9. The van der Waals surface area contributed by atoms with Gasteiger partial charge in [0.2, 0.25) is 0 Å². The first-order chi connectivity index (χ1) is 28.2. The molecular formula is C52H32N4O. The van der Waals surface area contributed by atoms with E-state index in [4.69, 9.17) is 14.4 Å². The van der Waals surface area contributed by atoms with Crippen LogP contribution in [-0.4, -0.2) is 19.1 Å². The predicted octanol–water partition coefficient (Wildman–Crippen LogP) is 13.6. The molecular weight excluding hydrogens is 697 g/mol. The van der Waals surface area contributed by atoms with Crippen LogP contribution in [0.1, 0.15) is 0 Å². The summed E-state index contributed by atoms with van der Waals surface area (Å²) in [7, 11) is 0. The van der Waals surface area contributed by atoms with Crippen molar-refractivity contribution in [3.05, 3.63) is 194 Å². The van der Waals surface area contributed by atoms with E-state index in [1.165, 1.54) is 10.8 Å². The van der Waals surface area contributed by atoms with Crippen LogP contribution in [0.4, 0.5) is 0 Å². The van der Waals surface area contributed by atoms with Crippen molar-refractivity contribution in [1.29, 1.82) is 0 Å². The Morgan fingerprint density at radius 2 is 0.825 bits per heavy atom. The van der Waals surface area contributed by atoms with E-state index >= 15 is 0 Å². The molecule has 0 saturated heterocycles. The zero-order chi connectivity index (χ0) is 37.5. The minimum atomic E-state index is 0.681. The third kappa shape index (κ3) is 4.96. The smallest absolute Gasteiger partial charge is 0.160 e. The molecule has 5 heteroatoms. The predicted molar refractivity (Wildman–Crippen MR) is 234 cm³/mol. The van der Waals surface area contributed by atoms with Crippen LogP contribution in [0.25, 0.3) is 111 Å². The number of benzene rings is 8. The molecule has 5 nitrogen and oxygen atoms in total. The third-order valence-corrected chi connectivity index (χ3v) is 11.3. The molecule has 12 aromatic rings. The van der Waals surface area contributed by atoms with Crippen LogP contribution in [0.5, 0.6) is 0 Å². The number of hydrogen-bond donors (Lipinski definition) is 0. The summed E-state index contributed by atoms with van der Waals surface area (Å²) in [5, 5.41) is 6.92. The number of furan rings is 1. The van der Waals surface area contributed by atoms with Crippen LogP contribution in [0, 0.1) is 0 Å². The van der Waals surface area contributed by atoms with Gasteiger partial charge in [0, 0.05) is 60.4 Å². The molecule has 266 valence electrons. The van der Waals surface area contributed by atoms with Crippen molar-refractivity contribution in [3.63, 3.8) is 0 Å². The van der Waals surface area contributed by atoms with E-state index in [9.17, 15) is 0 Å². The lowest BCUT2D eigenvalue weighted by atomic mass is 10.1. The number of nitrogens with zero attached hydrogens (tertiary/aromatic N) is 4. The van der Waals surface area contributed by atoms with Gasteiger partial charge in [-0.3, -0.25) is 0 Å². The van der Waals surface area contributed by atoms with E-state index in [1.54, 1.807) is 0 Å². The Hall–Kier alpha value is -7.76. The fourth-order valence-corrected chi connectivity index (χ4v) is 8.70. The summed E-state index contributed by atoms with van der Waals surface area (Å²) in [6.07, 6.45) is 0. The molecule has 4 aromatic heterocycles. The van der Waals surface area contributed by atoms with Crippen LogP contribution < -0.4 is 0 Å². The van der Waals surface area contributed by atoms with Crippen LogP contribution >= 0.6 is 0 Å². The van der Waals surface area contributed by atoms with E-state index in [2.05, 4.69) is 179 Å². The molecule has 0 bridgehead atoms. The molecule has 0 fully saturated rings. The van der Waals surface area contributed by atoms with Gasteiger partial charge in [-0.2, -0.15) is 0 Å². The Morgan fingerprint density at radius 3 is 1.53 bits per heavy atom. The Balaban J connectivity index is 1.12. The first-order valence-corrected chi connectivity index (χ1v) is 19.2. The number of rotatable bonds is 5. The second-order valence-electron chi connectivity index (χ2n) is 14.6. The molecule has 0 aliphatic carbocycles. The lowest BCUT2D eigenvalue weighted by Crippen LogP contribution is -1.98. The van der Waals surface area contributed by atoms with E-state index < -0.39 is 0 Å². The molecule has 0 amide bonds. The molecule has 0 atom stereocenters. The quantitative estimate of drug-likeness (QED) is 0.177. The molecule has 4 heterocycles. The second kappa shape index (κ2) is 12.4. The summed E-state index contributed by atoms with van der Waals surface area (Å²) in [6, 6.07) is 68.3. The molecule has 8 aromatic carbocycles. The molecule has 0 spiro atoms. The summed E-state index contributed by atoms with van der Waals surface area (Å²) >= 11 is 0. The first kappa shape index (κ1) is 31.6. The highest BCUT2D eigenvalue weighted by Gasteiger charge is 2.21. The molecule has 57 heavy (non-hydrogen) atoms. The van der Waals surface area contributed by atoms with Gasteiger partial charge >= 0.3 is 0 Å². The van der Waals surface area contributed by atoms with E-state index in [-0.39, 0.29) is 0 Å². The molecule has 12 rings (SSSR count).